The molecular weight excluding hydrogens is 216 g/mol. The van der Waals surface area contributed by atoms with Gasteiger partial charge >= 0.3 is 6.03 Å². The lowest BCUT2D eigenvalue weighted by Crippen LogP contribution is -2.43. The summed E-state index contributed by atoms with van der Waals surface area (Å²) in [6.45, 7) is 8.12. The van der Waals surface area contributed by atoms with E-state index in [4.69, 9.17) is 4.74 Å². The lowest BCUT2D eigenvalue weighted by atomic mass is 9.81. The van der Waals surface area contributed by atoms with E-state index in [1.54, 1.807) is 0 Å². The number of hydrogen-bond acceptors (Lipinski definition) is 2. The van der Waals surface area contributed by atoms with Crippen molar-refractivity contribution < 1.29 is 9.53 Å². The van der Waals surface area contributed by atoms with Gasteiger partial charge in [-0.1, -0.05) is 20.8 Å². The van der Waals surface area contributed by atoms with Gasteiger partial charge in [-0.25, -0.2) is 4.79 Å². The first-order valence-corrected chi connectivity index (χ1v) is 6.63. The van der Waals surface area contributed by atoms with Gasteiger partial charge in [-0.05, 0) is 24.7 Å². The second-order valence-corrected chi connectivity index (χ2v) is 6.33. The maximum absolute atomic E-state index is 11.5. The smallest absolute Gasteiger partial charge is 0.315 e. The summed E-state index contributed by atoms with van der Waals surface area (Å²) in [5.41, 5.74) is 0.149. The predicted molar refractivity (Wildman–Crippen MR) is 66.9 cm³/mol. The number of carbonyl (C=O) groups excluding carboxylic acids is 1. The molecule has 1 saturated carbocycles. The lowest BCUT2D eigenvalue weighted by Gasteiger charge is -2.31. The summed E-state index contributed by atoms with van der Waals surface area (Å²) < 4.78 is 5.78. The van der Waals surface area contributed by atoms with E-state index in [2.05, 4.69) is 31.4 Å². The zero-order chi connectivity index (χ0) is 12.5. The van der Waals surface area contributed by atoms with Gasteiger partial charge in [0.2, 0.25) is 0 Å². The number of hydrogen-bond donors (Lipinski definition) is 2. The average Bonchev–Trinajstić information content (AvgIpc) is 2.89. The Labute approximate surface area is 103 Å². The highest BCUT2D eigenvalue weighted by atomic mass is 16.5. The van der Waals surface area contributed by atoms with Gasteiger partial charge in [0.25, 0.3) is 0 Å². The fraction of sp³-hybridized carbons (Fsp3) is 0.923. The minimum absolute atomic E-state index is 0.0212. The zero-order valence-corrected chi connectivity index (χ0v) is 11.1. The molecule has 0 spiro atoms. The molecule has 2 fully saturated rings. The molecule has 0 bridgehead atoms. The Morgan fingerprint density at radius 1 is 1.29 bits per heavy atom. The molecule has 2 N–H and O–H groups in total. The highest BCUT2D eigenvalue weighted by Gasteiger charge is 2.37. The SMILES string of the molecule is CC(C)(C)[C@H]1OCC[C@@H]1CNC(=O)NC1CC1. The number of carbonyl (C=O) groups is 1. The summed E-state index contributed by atoms with van der Waals surface area (Å²) in [4.78, 5) is 11.5. The Bertz CT molecular complexity index is 282. The van der Waals surface area contributed by atoms with Crippen LogP contribution in [0.4, 0.5) is 4.79 Å². The molecule has 0 radical (unpaired) electrons. The maximum atomic E-state index is 11.5. The number of amides is 2. The van der Waals surface area contributed by atoms with Crippen molar-refractivity contribution in [2.24, 2.45) is 11.3 Å². The third kappa shape index (κ3) is 3.60. The largest absolute Gasteiger partial charge is 0.377 e. The molecule has 0 aromatic heterocycles. The fourth-order valence-corrected chi connectivity index (χ4v) is 2.49. The standard InChI is InChI=1S/C13H24N2O2/c1-13(2,3)11-9(6-7-17-11)8-14-12(16)15-10-4-5-10/h9-11H,4-8H2,1-3H3,(H2,14,15,16)/t9-,11+/m1/s1. The number of nitrogens with one attached hydrogen (secondary N) is 2. The molecule has 4 heteroatoms. The molecule has 1 heterocycles. The van der Waals surface area contributed by atoms with Crippen LogP contribution in [-0.4, -0.2) is 31.3 Å². The van der Waals surface area contributed by atoms with Gasteiger partial charge < -0.3 is 15.4 Å². The Balaban J connectivity index is 1.75. The fourth-order valence-electron chi connectivity index (χ4n) is 2.49. The van der Waals surface area contributed by atoms with Gasteiger partial charge in [0, 0.05) is 25.1 Å². The van der Waals surface area contributed by atoms with Crippen LogP contribution in [0.25, 0.3) is 0 Å². The molecule has 17 heavy (non-hydrogen) atoms. The van der Waals surface area contributed by atoms with Gasteiger partial charge in [-0.15, -0.1) is 0 Å². The van der Waals surface area contributed by atoms with Crippen LogP contribution in [0.3, 0.4) is 0 Å². The van der Waals surface area contributed by atoms with Gasteiger partial charge in [-0.3, -0.25) is 0 Å². The van der Waals surface area contributed by atoms with E-state index in [0.717, 1.165) is 32.4 Å². The third-order valence-electron chi connectivity index (χ3n) is 3.51. The summed E-state index contributed by atoms with van der Waals surface area (Å²) in [6, 6.07) is 0.403. The van der Waals surface area contributed by atoms with E-state index in [1.165, 1.54) is 0 Å². The first-order chi connectivity index (χ1) is 7.97. The topological polar surface area (TPSA) is 50.4 Å². The van der Waals surface area contributed by atoms with Crippen LogP contribution >= 0.6 is 0 Å². The van der Waals surface area contributed by atoms with E-state index < -0.39 is 0 Å². The third-order valence-corrected chi connectivity index (χ3v) is 3.51. The van der Waals surface area contributed by atoms with E-state index in [0.29, 0.717) is 12.0 Å². The van der Waals surface area contributed by atoms with Crippen LogP contribution in [0, 0.1) is 11.3 Å². The number of urea groups is 1. The highest BCUT2D eigenvalue weighted by molar-refractivity contribution is 5.74. The average molecular weight is 240 g/mol. The van der Waals surface area contributed by atoms with E-state index in [-0.39, 0.29) is 17.6 Å². The van der Waals surface area contributed by atoms with Crippen molar-refractivity contribution in [2.45, 2.75) is 52.2 Å². The first kappa shape index (κ1) is 12.7. The van der Waals surface area contributed by atoms with E-state index in [1.807, 2.05) is 0 Å². The molecule has 2 aliphatic rings. The molecule has 2 amide bonds. The maximum Gasteiger partial charge on any atom is 0.315 e. The Kier molecular flexibility index (Phi) is 3.61. The van der Waals surface area contributed by atoms with E-state index >= 15 is 0 Å². The first-order valence-electron chi connectivity index (χ1n) is 6.63. The summed E-state index contributed by atoms with van der Waals surface area (Å²) in [5, 5.41) is 5.91. The molecular formula is C13H24N2O2. The molecule has 4 nitrogen and oxygen atoms in total. The quantitative estimate of drug-likeness (QED) is 0.791. The van der Waals surface area contributed by atoms with Crippen LogP contribution in [0.15, 0.2) is 0 Å². The van der Waals surface area contributed by atoms with Crippen LogP contribution in [-0.2, 0) is 4.74 Å². The number of rotatable bonds is 3. The summed E-state index contributed by atoms with van der Waals surface area (Å²) in [6.07, 6.45) is 3.56. The van der Waals surface area contributed by atoms with Gasteiger partial charge in [0.15, 0.2) is 0 Å². The van der Waals surface area contributed by atoms with Crippen molar-refractivity contribution in [2.75, 3.05) is 13.2 Å². The van der Waals surface area contributed by atoms with Crippen molar-refractivity contribution >= 4 is 6.03 Å². The molecule has 2 rings (SSSR count). The van der Waals surface area contributed by atoms with Crippen molar-refractivity contribution in [3.63, 3.8) is 0 Å². The lowest BCUT2D eigenvalue weighted by molar-refractivity contribution is 0.00775. The molecule has 2 atom stereocenters. The number of ether oxygens (including phenoxy) is 1. The normalized spacial score (nSPS) is 29.1. The summed E-state index contributed by atoms with van der Waals surface area (Å²) in [5.74, 6) is 0.444. The van der Waals surface area contributed by atoms with Crippen molar-refractivity contribution in [1.82, 2.24) is 10.6 Å². The zero-order valence-electron chi connectivity index (χ0n) is 11.1. The van der Waals surface area contributed by atoms with Crippen LogP contribution in [0.2, 0.25) is 0 Å². The van der Waals surface area contributed by atoms with Gasteiger partial charge in [0.1, 0.15) is 0 Å². The summed E-state index contributed by atoms with van der Waals surface area (Å²) in [7, 11) is 0. The summed E-state index contributed by atoms with van der Waals surface area (Å²) >= 11 is 0. The molecule has 1 aliphatic carbocycles. The van der Waals surface area contributed by atoms with Crippen molar-refractivity contribution in [3.05, 3.63) is 0 Å². The molecule has 0 aromatic carbocycles. The van der Waals surface area contributed by atoms with E-state index in [9.17, 15) is 4.79 Å². The van der Waals surface area contributed by atoms with Crippen LogP contribution < -0.4 is 10.6 Å². The Morgan fingerprint density at radius 2 is 2.00 bits per heavy atom. The van der Waals surface area contributed by atoms with Crippen LogP contribution in [0.5, 0.6) is 0 Å². The second kappa shape index (κ2) is 4.84. The van der Waals surface area contributed by atoms with Gasteiger partial charge in [0.05, 0.1) is 6.10 Å². The minimum atomic E-state index is -0.0212. The molecule has 0 aromatic rings. The minimum Gasteiger partial charge on any atom is -0.377 e. The van der Waals surface area contributed by atoms with Crippen LogP contribution in [0.1, 0.15) is 40.0 Å². The Hall–Kier alpha value is -0.770. The predicted octanol–water partition coefficient (Wildman–Crippen LogP) is 1.90. The van der Waals surface area contributed by atoms with Crippen molar-refractivity contribution in [3.8, 4) is 0 Å². The monoisotopic (exact) mass is 240 g/mol. The van der Waals surface area contributed by atoms with Crippen molar-refractivity contribution in [1.29, 1.82) is 0 Å². The second-order valence-electron chi connectivity index (χ2n) is 6.33. The molecule has 0 unspecified atom stereocenters. The highest BCUT2D eigenvalue weighted by Crippen LogP contribution is 2.34. The molecule has 98 valence electrons. The Morgan fingerprint density at radius 3 is 2.59 bits per heavy atom. The molecule has 1 aliphatic heterocycles. The molecule has 1 saturated heterocycles. The van der Waals surface area contributed by atoms with Gasteiger partial charge in [-0.2, -0.15) is 0 Å².